The molecule has 0 aliphatic heterocycles. The van der Waals surface area contributed by atoms with Crippen LogP contribution in [0.5, 0.6) is 0 Å². The van der Waals surface area contributed by atoms with E-state index in [9.17, 15) is 0 Å². The van der Waals surface area contributed by atoms with Crippen molar-refractivity contribution in [3.63, 3.8) is 0 Å². The van der Waals surface area contributed by atoms with Gasteiger partial charge in [-0.05, 0) is 5.92 Å². The summed E-state index contributed by atoms with van der Waals surface area (Å²) in [7, 11) is 0. The molecule has 0 saturated heterocycles. The van der Waals surface area contributed by atoms with Crippen LogP contribution in [0.15, 0.2) is 0 Å². The first-order valence-electron chi connectivity index (χ1n) is 2.27. The zero-order valence-corrected chi connectivity index (χ0v) is 6.28. The van der Waals surface area contributed by atoms with Crippen LogP contribution in [-0.2, 0) is 0 Å². The monoisotopic (exact) mass is 88.1 g/mol. The normalized spacial score (nSPS) is 6.86. The Morgan fingerprint density at radius 1 is 1.29 bits per heavy atom. The van der Waals surface area contributed by atoms with Crippen LogP contribution in [0.2, 0.25) is 0 Å². The molecule has 0 bridgehead atoms. The van der Waals surface area contributed by atoms with Gasteiger partial charge in [-0.1, -0.05) is 27.2 Å². The second-order valence-electron chi connectivity index (χ2n) is 1.80. The van der Waals surface area contributed by atoms with Crippen molar-refractivity contribution in [1.29, 1.82) is 0 Å². The zero-order chi connectivity index (χ0) is 4.28. The fourth-order valence-corrected chi connectivity index (χ4v) is 0. The number of hydrogen-bond acceptors (Lipinski definition) is 0. The van der Waals surface area contributed by atoms with E-state index in [1.54, 1.807) is 0 Å². The molecule has 0 rings (SSSR count). The third kappa shape index (κ3) is 19.0. The molecule has 36 valence electrons. The van der Waals surface area contributed by atoms with E-state index in [2.05, 4.69) is 20.8 Å². The molecule has 0 atom stereocenters. The number of rotatable bonds is 1. The maximum absolute atomic E-state index is 2.22. The molecule has 0 N–H and O–H groups in total. The molecule has 0 aliphatic carbocycles. The van der Waals surface area contributed by atoms with Crippen molar-refractivity contribution in [2.75, 3.05) is 0 Å². The van der Waals surface area contributed by atoms with Crippen LogP contribution in [0.1, 0.15) is 30.0 Å². The van der Waals surface area contributed by atoms with Crippen LogP contribution in [-0.4, -0.2) is 0 Å². The molecule has 0 radical (unpaired) electrons. The predicted molar refractivity (Wildman–Crippen MR) is 27.4 cm³/mol. The Morgan fingerprint density at radius 3 is 1.43 bits per heavy atom. The smallest absolute Gasteiger partial charge is 1.00 e. The predicted octanol–water partition coefficient (Wildman–Crippen LogP) is -3.71. The van der Waals surface area contributed by atoms with Gasteiger partial charge < -0.3 is 2.85 Å². The quantitative estimate of drug-likeness (QED) is 0.289. The molecule has 0 spiro atoms. The van der Waals surface area contributed by atoms with Crippen molar-refractivity contribution in [2.24, 2.45) is 5.92 Å². The first kappa shape index (κ1) is 15.7. The van der Waals surface area contributed by atoms with Gasteiger partial charge in [0.05, 0.1) is 0 Å². The first-order valence-corrected chi connectivity index (χ1v) is 2.27. The summed E-state index contributed by atoms with van der Waals surface area (Å²) < 4.78 is 0. The molecule has 2 heteroatoms. The van der Waals surface area contributed by atoms with Gasteiger partial charge in [-0.2, -0.15) is 0 Å². The topological polar surface area (TPSA) is 0 Å². The molecule has 0 unspecified atom stereocenters. The molecule has 0 fully saturated rings. The van der Waals surface area contributed by atoms with Gasteiger partial charge in [-0.25, -0.2) is 0 Å². The second kappa shape index (κ2) is 10.2. The fraction of sp³-hybridized carbons (Fsp3) is 1.00. The van der Waals surface area contributed by atoms with Crippen molar-refractivity contribution in [3.05, 3.63) is 0 Å². The van der Waals surface area contributed by atoms with Gasteiger partial charge in [0.15, 0.2) is 0 Å². The summed E-state index contributed by atoms with van der Waals surface area (Å²) in [6.07, 6.45) is 1.31. The zero-order valence-electron chi connectivity index (χ0n) is 8.28. The van der Waals surface area contributed by atoms with Gasteiger partial charge in [0.2, 0.25) is 0 Å². The average Bonchev–Trinajstić information content (AvgIpc) is 1.38. The van der Waals surface area contributed by atoms with E-state index >= 15 is 0 Å². The minimum Gasteiger partial charge on any atom is -1.00 e. The van der Waals surface area contributed by atoms with Crippen LogP contribution in [0.25, 0.3) is 0 Å². The van der Waals surface area contributed by atoms with E-state index in [0.29, 0.717) is 0 Å². The molecular weight excluding hydrogens is 73.9 g/mol. The second-order valence-corrected chi connectivity index (χ2v) is 1.80. The Labute approximate surface area is 73.8 Å². The summed E-state index contributed by atoms with van der Waals surface area (Å²) >= 11 is 0. The van der Waals surface area contributed by atoms with Gasteiger partial charge in [-0.15, -0.1) is 0 Å². The molecule has 0 saturated carbocycles. The Hall–Kier alpha value is 1.19. The molecule has 0 aliphatic rings. The fourth-order valence-electron chi connectivity index (χ4n) is 0. The minimum atomic E-state index is 0. The molecule has 0 nitrogen and oxygen atoms in total. The largest absolute Gasteiger partial charge is 1.00 e. The third-order valence-corrected chi connectivity index (χ3v) is 0.816. The standard InChI is InChI=1S/C5H12.2Li.2H/c1-4-5(2)3;;;;/h5H,4H2,1-3H3;;;;/q;2*+1;2*-1. The Bertz CT molecular complexity index is 26.9. The van der Waals surface area contributed by atoms with E-state index < -0.39 is 0 Å². The molecule has 7 heavy (non-hydrogen) atoms. The van der Waals surface area contributed by atoms with Crippen molar-refractivity contribution >= 4 is 0 Å². The van der Waals surface area contributed by atoms with Gasteiger partial charge in [0, 0.05) is 0 Å². The van der Waals surface area contributed by atoms with Crippen LogP contribution in [0, 0.1) is 5.92 Å². The Morgan fingerprint density at radius 2 is 1.43 bits per heavy atom. The van der Waals surface area contributed by atoms with E-state index in [-0.39, 0.29) is 40.6 Å². The summed E-state index contributed by atoms with van der Waals surface area (Å²) in [5.41, 5.74) is 0. The van der Waals surface area contributed by atoms with E-state index in [1.165, 1.54) is 6.42 Å². The average molecular weight is 88.0 g/mol. The van der Waals surface area contributed by atoms with Gasteiger partial charge in [0.1, 0.15) is 0 Å². The molecule has 0 aromatic heterocycles. The van der Waals surface area contributed by atoms with E-state index in [4.69, 9.17) is 0 Å². The summed E-state index contributed by atoms with van der Waals surface area (Å²) in [6.45, 7) is 6.64. The van der Waals surface area contributed by atoms with Crippen LogP contribution in [0.4, 0.5) is 0 Å². The van der Waals surface area contributed by atoms with Gasteiger partial charge >= 0.3 is 37.7 Å². The van der Waals surface area contributed by atoms with Crippen LogP contribution in [0.3, 0.4) is 0 Å². The third-order valence-electron chi connectivity index (χ3n) is 0.816. The molecule has 0 heterocycles. The maximum Gasteiger partial charge on any atom is 1.00 e. The van der Waals surface area contributed by atoms with Crippen LogP contribution < -0.4 is 37.7 Å². The van der Waals surface area contributed by atoms with Gasteiger partial charge in [0.25, 0.3) is 0 Å². The molecular formula is C5H14Li2. The molecule has 0 aromatic rings. The van der Waals surface area contributed by atoms with E-state index in [1.807, 2.05) is 0 Å². The van der Waals surface area contributed by atoms with Crippen molar-refractivity contribution in [2.45, 2.75) is 27.2 Å². The summed E-state index contributed by atoms with van der Waals surface area (Å²) in [5.74, 6) is 0.884. The Balaban J connectivity index is -0.0000000133. The minimum absolute atomic E-state index is 0. The number of hydrogen-bond donors (Lipinski definition) is 0. The van der Waals surface area contributed by atoms with Crippen molar-refractivity contribution in [3.8, 4) is 0 Å². The molecule has 0 amide bonds. The van der Waals surface area contributed by atoms with E-state index in [0.717, 1.165) is 5.92 Å². The Kier molecular flexibility index (Phi) is 23.0. The van der Waals surface area contributed by atoms with Crippen LogP contribution >= 0.6 is 0 Å². The van der Waals surface area contributed by atoms with Crippen molar-refractivity contribution in [1.82, 2.24) is 0 Å². The maximum atomic E-state index is 2.22. The molecule has 0 aromatic carbocycles. The van der Waals surface area contributed by atoms with Crippen molar-refractivity contribution < 1.29 is 40.6 Å². The first-order chi connectivity index (χ1) is 2.27. The summed E-state index contributed by atoms with van der Waals surface area (Å²) in [5, 5.41) is 0. The summed E-state index contributed by atoms with van der Waals surface area (Å²) in [4.78, 5) is 0. The SMILES string of the molecule is CCC(C)C.[H-].[H-].[Li+].[Li+]. The summed E-state index contributed by atoms with van der Waals surface area (Å²) in [6, 6.07) is 0. The van der Waals surface area contributed by atoms with Gasteiger partial charge in [-0.3, -0.25) is 0 Å².